The highest BCUT2D eigenvalue weighted by Crippen LogP contribution is 2.26. The summed E-state index contributed by atoms with van der Waals surface area (Å²) in [6, 6.07) is 9.47. The van der Waals surface area contributed by atoms with Crippen LogP contribution in [-0.2, 0) is 6.54 Å². The summed E-state index contributed by atoms with van der Waals surface area (Å²) in [6.45, 7) is 3.89. The van der Waals surface area contributed by atoms with Crippen LogP contribution in [0.4, 0.5) is 10.5 Å². The minimum Gasteiger partial charge on any atom is -0.495 e. The Kier molecular flexibility index (Phi) is 5.90. The predicted octanol–water partition coefficient (Wildman–Crippen LogP) is 4.23. The number of nitrogens with zero attached hydrogens (tertiary/aromatic N) is 3. The first-order valence-corrected chi connectivity index (χ1v) is 10.9. The van der Waals surface area contributed by atoms with E-state index in [4.69, 9.17) is 9.72 Å². The maximum atomic E-state index is 12.6. The van der Waals surface area contributed by atoms with Gasteiger partial charge >= 0.3 is 6.03 Å². The summed E-state index contributed by atoms with van der Waals surface area (Å²) in [5.41, 5.74) is 2.98. The molecule has 0 atom stereocenters. The second-order valence-corrected chi connectivity index (χ2v) is 8.19. The van der Waals surface area contributed by atoms with Gasteiger partial charge in [0.2, 0.25) is 0 Å². The normalized spacial score (nSPS) is 14.8. The number of anilines is 1. The number of piperazine rings is 1. The van der Waals surface area contributed by atoms with E-state index >= 15 is 0 Å². The molecule has 1 aromatic carbocycles. The van der Waals surface area contributed by atoms with Crippen molar-refractivity contribution in [1.82, 2.24) is 14.8 Å². The summed E-state index contributed by atoms with van der Waals surface area (Å²) < 4.78 is 5.30. The third-order valence-corrected chi connectivity index (χ3v) is 6.34. The number of thiophene rings is 1. The maximum Gasteiger partial charge on any atom is 0.322 e. The third kappa shape index (κ3) is 4.35. The Balaban J connectivity index is 1.29. The lowest BCUT2D eigenvalue weighted by atomic mass is 10.3. The molecule has 3 heterocycles. The summed E-state index contributed by atoms with van der Waals surface area (Å²) in [7, 11) is 1.60. The molecule has 6 nitrogen and oxygen atoms in total. The number of amides is 2. The summed E-state index contributed by atoms with van der Waals surface area (Å²) in [4.78, 5) is 21.5. The van der Waals surface area contributed by atoms with Gasteiger partial charge in [-0.25, -0.2) is 9.78 Å². The Labute approximate surface area is 172 Å². The van der Waals surface area contributed by atoms with Gasteiger partial charge in [-0.1, -0.05) is 12.1 Å². The molecule has 1 fully saturated rings. The second-order valence-electron chi connectivity index (χ2n) is 6.55. The molecule has 8 heteroatoms. The molecule has 0 bridgehead atoms. The van der Waals surface area contributed by atoms with Gasteiger partial charge in [0.15, 0.2) is 0 Å². The highest BCUT2D eigenvalue weighted by molar-refractivity contribution is 7.14. The fourth-order valence-corrected chi connectivity index (χ4v) is 4.70. The van der Waals surface area contributed by atoms with Crippen LogP contribution in [0.25, 0.3) is 10.6 Å². The number of benzene rings is 1. The molecule has 1 aliphatic rings. The third-order valence-electron chi connectivity index (χ3n) is 4.71. The van der Waals surface area contributed by atoms with Gasteiger partial charge in [-0.15, -0.1) is 11.3 Å². The number of thiazole rings is 1. The van der Waals surface area contributed by atoms with Crippen molar-refractivity contribution >= 4 is 34.4 Å². The average molecular weight is 415 g/mol. The van der Waals surface area contributed by atoms with Crippen LogP contribution in [0.5, 0.6) is 5.75 Å². The zero-order valence-electron chi connectivity index (χ0n) is 15.6. The summed E-state index contributed by atoms with van der Waals surface area (Å²) >= 11 is 3.38. The number of ether oxygens (including phenoxy) is 1. The largest absolute Gasteiger partial charge is 0.495 e. The van der Waals surface area contributed by atoms with E-state index in [1.165, 1.54) is 5.56 Å². The molecule has 0 radical (unpaired) electrons. The molecule has 1 saturated heterocycles. The number of nitrogens with one attached hydrogen (secondary N) is 1. The van der Waals surface area contributed by atoms with E-state index in [-0.39, 0.29) is 6.03 Å². The predicted molar refractivity (Wildman–Crippen MR) is 114 cm³/mol. The SMILES string of the molecule is COc1ccccc1NC(=O)N1CCN(Cc2csc(-c3ccsc3)n2)CC1. The number of carbonyl (C=O) groups is 1. The molecular formula is C20H22N4O2S2. The van der Waals surface area contributed by atoms with Crippen molar-refractivity contribution in [1.29, 1.82) is 0 Å². The molecule has 0 unspecified atom stereocenters. The fraction of sp³-hybridized carbons (Fsp3) is 0.300. The van der Waals surface area contributed by atoms with Gasteiger partial charge in [-0.3, -0.25) is 4.90 Å². The summed E-state index contributed by atoms with van der Waals surface area (Å²) in [5.74, 6) is 0.666. The van der Waals surface area contributed by atoms with Crippen molar-refractivity contribution < 1.29 is 9.53 Å². The van der Waals surface area contributed by atoms with Crippen LogP contribution < -0.4 is 10.1 Å². The van der Waals surface area contributed by atoms with Gasteiger partial charge in [0.05, 0.1) is 18.5 Å². The van der Waals surface area contributed by atoms with E-state index in [0.29, 0.717) is 24.5 Å². The van der Waals surface area contributed by atoms with Crippen LogP contribution in [0.2, 0.25) is 0 Å². The zero-order chi connectivity index (χ0) is 19.3. The molecule has 28 heavy (non-hydrogen) atoms. The molecule has 4 rings (SSSR count). The molecular weight excluding hydrogens is 392 g/mol. The Hall–Kier alpha value is -2.42. The van der Waals surface area contributed by atoms with Crippen molar-refractivity contribution in [3.8, 4) is 16.3 Å². The van der Waals surface area contributed by atoms with Gasteiger partial charge in [0, 0.05) is 49.0 Å². The van der Waals surface area contributed by atoms with Crippen molar-refractivity contribution in [3.05, 3.63) is 52.2 Å². The van der Waals surface area contributed by atoms with Crippen molar-refractivity contribution in [2.75, 3.05) is 38.6 Å². The molecule has 3 aromatic rings. The Morgan fingerprint density at radius 1 is 1.18 bits per heavy atom. The lowest BCUT2D eigenvalue weighted by Crippen LogP contribution is -2.49. The van der Waals surface area contributed by atoms with E-state index in [1.54, 1.807) is 29.8 Å². The number of methoxy groups -OCH3 is 1. The van der Waals surface area contributed by atoms with Crippen molar-refractivity contribution in [2.45, 2.75) is 6.54 Å². The van der Waals surface area contributed by atoms with Crippen LogP contribution in [-0.4, -0.2) is 54.1 Å². The molecule has 2 aromatic heterocycles. The number of carbonyl (C=O) groups excluding carboxylic acids is 1. The second kappa shape index (κ2) is 8.72. The number of aromatic nitrogens is 1. The standard InChI is InChI=1S/C20H22N4O2S2/c1-26-18-5-3-2-4-17(18)22-20(25)24-9-7-23(8-10-24)12-16-14-28-19(21-16)15-6-11-27-13-15/h2-6,11,13-14H,7-10,12H2,1H3,(H,22,25). The molecule has 0 saturated carbocycles. The minimum atomic E-state index is -0.0856. The topological polar surface area (TPSA) is 57.7 Å². The quantitative estimate of drug-likeness (QED) is 0.679. The first-order chi connectivity index (χ1) is 13.7. The van der Waals surface area contributed by atoms with Crippen LogP contribution in [0.15, 0.2) is 46.5 Å². The highest BCUT2D eigenvalue weighted by Gasteiger charge is 2.22. The number of para-hydroxylation sites is 2. The highest BCUT2D eigenvalue weighted by atomic mass is 32.1. The van der Waals surface area contributed by atoms with Gasteiger partial charge in [0.25, 0.3) is 0 Å². The van der Waals surface area contributed by atoms with E-state index in [9.17, 15) is 4.79 Å². The molecule has 0 spiro atoms. The lowest BCUT2D eigenvalue weighted by molar-refractivity contribution is 0.142. The molecule has 1 N–H and O–H groups in total. The maximum absolute atomic E-state index is 12.6. The minimum absolute atomic E-state index is 0.0856. The van der Waals surface area contributed by atoms with Crippen LogP contribution >= 0.6 is 22.7 Å². The van der Waals surface area contributed by atoms with Crippen LogP contribution in [0, 0.1) is 0 Å². The van der Waals surface area contributed by atoms with E-state index in [2.05, 4.69) is 32.4 Å². The Bertz CT molecular complexity index is 918. The average Bonchev–Trinajstić information content (AvgIpc) is 3.41. The van der Waals surface area contributed by atoms with Gasteiger partial charge in [-0.2, -0.15) is 11.3 Å². The summed E-state index contributed by atoms with van der Waals surface area (Å²) in [5, 5.41) is 10.4. The number of rotatable bonds is 5. The Morgan fingerprint density at radius 3 is 2.75 bits per heavy atom. The number of hydrogen-bond donors (Lipinski definition) is 1. The van der Waals surface area contributed by atoms with Gasteiger partial charge in [-0.05, 0) is 23.6 Å². The van der Waals surface area contributed by atoms with Crippen LogP contribution in [0.3, 0.4) is 0 Å². The smallest absolute Gasteiger partial charge is 0.322 e. The van der Waals surface area contributed by atoms with E-state index in [1.807, 2.05) is 29.2 Å². The zero-order valence-corrected chi connectivity index (χ0v) is 17.3. The first-order valence-electron chi connectivity index (χ1n) is 9.11. The number of hydrogen-bond acceptors (Lipinski definition) is 6. The van der Waals surface area contributed by atoms with Crippen LogP contribution in [0.1, 0.15) is 5.69 Å². The van der Waals surface area contributed by atoms with Crippen molar-refractivity contribution in [2.24, 2.45) is 0 Å². The van der Waals surface area contributed by atoms with Crippen molar-refractivity contribution in [3.63, 3.8) is 0 Å². The fourth-order valence-electron chi connectivity index (χ4n) is 3.18. The van der Waals surface area contributed by atoms with Gasteiger partial charge in [0.1, 0.15) is 10.8 Å². The molecule has 2 amide bonds. The lowest BCUT2D eigenvalue weighted by Gasteiger charge is -2.34. The first kappa shape index (κ1) is 18.9. The number of urea groups is 1. The molecule has 0 aliphatic carbocycles. The Morgan fingerprint density at radius 2 is 2.00 bits per heavy atom. The van der Waals surface area contributed by atoms with E-state index in [0.717, 1.165) is 30.3 Å². The summed E-state index contributed by atoms with van der Waals surface area (Å²) in [6.07, 6.45) is 0. The van der Waals surface area contributed by atoms with E-state index < -0.39 is 0 Å². The van der Waals surface area contributed by atoms with Gasteiger partial charge < -0.3 is 15.0 Å². The molecule has 1 aliphatic heterocycles. The monoisotopic (exact) mass is 414 g/mol. The molecule has 146 valence electrons.